The summed E-state index contributed by atoms with van der Waals surface area (Å²) in [4.78, 5) is 16.8. The number of hydrogen-bond donors (Lipinski definition) is 1. The van der Waals surface area contributed by atoms with Crippen molar-refractivity contribution in [2.24, 2.45) is 0 Å². The zero-order chi connectivity index (χ0) is 10.7. The van der Waals surface area contributed by atoms with Crippen molar-refractivity contribution in [1.82, 2.24) is 10.3 Å². The van der Waals surface area contributed by atoms with Crippen molar-refractivity contribution in [3.8, 4) is 0 Å². The Morgan fingerprint density at radius 3 is 2.64 bits per heavy atom. The minimum Gasteiger partial charge on any atom is -0.313 e. The molecule has 0 saturated heterocycles. The van der Waals surface area contributed by atoms with Gasteiger partial charge in [-0.25, -0.2) is 4.98 Å². The molecule has 14 heavy (non-hydrogen) atoms. The van der Waals surface area contributed by atoms with E-state index < -0.39 is 0 Å². The van der Waals surface area contributed by atoms with Gasteiger partial charge in [0.05, 0.1) is 22.1 Å². The number of nitrogens with one attached hydrogen (secondary N) is 1. The Bertz CT molecular complexity index is 331. The molecule has 0 unspecified atom stereocenters. The Balaban J connectivity index is 2.92. The molecule has 3 nitrogen and oxygen atoms in total. The van der Waals surface area contributed by atoms with E-state index in [0.29, 0.717) is 12.5 Å². The zero-order valence-electron chi connectivity index (χ0n) is 9.05. The van der Waals surface area contributed by atoms with E-state index in [9.17, 15) is 4.79 Å². The van der Waals surface area contributed by atoms with Crippen LogP contribution in [0.5, 0.6) is 0 Å². The highest BCUT2D eigenvalue weighted by atomic mass is 32.1. The standard InChI is InChI=1S/C10H16N2OS/c1-6(2)10-12-7(3)9(14-10)8(13)5-11-4/h6,11H,5H2,1-4H3. The number of ketones is 1. The highest BCUT2D eigenvalue weighted by molar-refractivity contribution is 7.14. The summed E-state index contributed by atoms with van der Waals surface area (Å²) < 4.78 is 0. The Labute approximate surface area is 88.6 Å². The maximum absolute atomic E-state index is 11.6. The van der Waals surface area contributed by atoms with Crippen LogP contribution in [0.15, 0.2) is 0 Å². The van der Waals surface area contributed by atoms with Crippen LogP contribution in [0.25, 0.3) is 0 Å². The van der Waals surface area contributed by atoms with Gasteiger partial charge in [-0.1, -0.05) is 13.8 Å². The lowest BCUT2D eigenvalue weighted by molar-refractivity contribution is 0.0996. The molecule has 0 aromatic carbocycles. The number of carbonyl (C=O) groups is 1. The van der Waals surface area contributed by atoms with Gasteiger partial charge >= 0.3 is 0 Å². The second-order valence-corrected chi connectivity index (χ2v) is 4.61. The first-order chi connectivity index (χ1) is 6.56. The maximum Gasteiger partial charge on any atom is 0.188 e. The molecule has 0 radical (unpaired) electrons. The Morgan fingerprint density at radius 1 is 1.57 bits per heavy atom. The number of Topliss-reactive ketones (excluding diaryl/α,β-unsaturated/α-hetero) is 1. The van der Waals surface area contributed by atoms with Crippen LogP contribution in [0.2, 0.25) is 0 Å². The summed E-state index contributed by atoms with van der Waals surface area (Å²) in [6, 6.07) is 0. The minimum atomic E-state index is 0.134. The van der Waals surface area contributed by atoms with Crippen LogP contribution < -0.4 is 5.32 Å². The fourth-order valence-corrected chi connectivity index (χ4v) is 2.17. The van der Waals surface area contributed by atoms with E-state index in [1.54, 1.807) is 7.05 Å². The third-order valence-corrected chi connectivity index (χ3v) is 3.40. The maximum atomic E-state index is 11.6. The molecule has 1 N–H and O–H groups in total. The summed E-state index contributed by atoms with van der Waals surface area (Å²) in [5, 5.41) is 3.90. The minimum absolute atomic E-state index is 0.134. The monoisotopic (exact) mass is 212 g/mol. The molecular formula is C10H16N2OS. The molecule has 1 rings (SSSR count). The number of aryl methyl sites for hydroxylation is 1. The van der Waals surface area contributed by atoms with Gasteiger partial charge in [0.1, 0.15) is 0 Å². The highest BCUT2D eigenvalue weighted by Gasteiger charge is 2.15. The molecule has 0 fully saturated rings. The predicted molar refractivity (Wildman–Crippen MR) is 59.2 cm³/mol. The summed E-state index contributed by atoms with van der Waals surface area (Å²) in [6.07, 6.45) is 0. The molecule has 0 aliphatic heterocycles. The fraction of sp³-hybridized carbons (Fsp3) is 0.600. The van der Waals surface area contributed by atoms with E-state index in [1.807, 2.05) is 6.92 Å². The first kappa shape index (κ1) is 11.3. The number of nitrogens with zero attached hydrogens (tertiary/aromatic N) is 1. The first-order valence-electron chi connectivity index (χ1n) is 4.71. The Hall–Kier alpha value is -0.740. The van der Waals surface area contributed by atoms with E-state index in [2.05, 4.69) is 24.1 Å². The molecular weight excluding hydrogens is 196 g/mol. The Morgan fingerprint density at radius 2 is 2.21 bits per heavy atom. The van der Waals surface area contributed by atoms with Crippen molar-refractivity contribution in [2.45, 2.75) is 26.7 Å². The molecule has 0 atom stereocenters. The van der Waals surface area contributed by atoms with Crippen molar-refractivity contribution in [2.75, 3.05) is 13.6 Å². The molecule has 0 bridgehead atoms. The molecule has 1 aromatic rings. The van der Waals surface area contributed by atoms with E-state index >= 15 is 0 Å². The number of thiazole rings is 1. The van der Waals surface area contributed by atoms with Crippen LogP contribution in [-0.4, -0.2) is 24.4 Å². The van der Waals surface area contributed by atoms with E-state index in [1.165, 1.54) is 11.3 Å². The van der Waals surface area contributed by atoms with Crippen LogP contribution in [0.3, 0.4) is 0 Å². The van der Waals surface area contributed by atoms with Crippen LogP contribution >= 0.6 is 11.3 Å². The van der Waals surface area contributed by atoms with Crippen molar-refractivity contribution in [3.63, 3.8) is 0 Å². The average molecular weight is 212 g/mol. The van der Waals surface area contributed by atoms with Gasteiger partial charge in [0, 0.05) is 5.92 Å². The molecule has 4 heteroatoms. The van der Waals surface area contributed by atoms with Crippen LogP contribution in [-0.2, 0) is 0 Å². The van der Waals surface area contributed by atoms with E-state index in [0.717, 1.165) is 15.6 Å². The number of hydrogen-bond acceptors (Lipinski definition) is 4. The third kappa shape index (κ3) is 2.39. The van der Waals surface area contributed by atoms with Gasteiger partial charge in [-0.15, -0.1) is 11.3 Å². The second-order valence-electron chi connectivity index (χ2n) is 3.57. The van der Waals surface area contributed by atoms with E-state index in [-0.39, 0.29) is 5.78 Å². The van der Waals surface area contributed by atoms with Gasteiger partial charge in [0.2, 0.25) is 0 Å². The quantitative estimate of drug-likeness (QED) is 0.776. The lowest BCUT2D eigenvalue weighted by atomic mass is 10.2. The van der Waals surface area contributed by atoms with Gasteiger partial charge in [0.25, 0.3) is 0 Å². The van der Waals surface area contributed by atoms with Crippen molar-refractivity contribution in [1.29, 1.82) is 0 Å². The number of rotatable bonds is 4. The summed E-state index contributed by atoms with van der Waals surface area (Å²) in [6.45, 7) is 6.46. The average Bonchev–Trinajstić information content (AvgIpc) is 2.48. The van der Waals surface area contributed by atoms with Crippen LogP contribution in [0, 0.1) is 6.92 Å². The first-order valence-corrected chi connectivity index (χ1v) is 5.53. The summed E-state index contributed by atoms with van der Waals surface area (Å²) in [5.74, 6) is 0.532. The molecule has 1 aromatic heterocycles. The van der Waals surface area contributed by atoms with Gasteiger partial charge in [-0.2, -0.15) is 0 Å². The normalized spacial score (nSPS) is 10.9. The summed E-state index contributed by atoms with van der Waals surface area (Å²) in [7, 11) is 1.78. The molecule has 1 heterocycles. The lowest BCUT2D eigenvalue weighted by Gasteiger charge is -1.96. The topological polar surface area (TPSA) is 42.0 Å². The van der Waals surface area contributed by atoms with Gasteiger partial charge in [-0.3, -0.25) is 4.79 Å². The number of likely N-dealkylation sites (N-methyl/N-ethyl adjacent to an activating group) is 1. The van der Waals surface area contributed by atoms with Crippen molar-refractivity contribution >= 4 is 17.1 Å². The van der Waals surface area contributed by atoms with Gasteiger partial charge in [-0.05, 0) is 14.0 Å². The van der Waals surface area contributed by atoms with Gasteiger partial charge < -0.3 is 5.32 Å². The molecule has 0 spiro atoms. The van der Waals surface area contributed by atoms with Crippen LogP contribution in [0.1, 0.15) is 40.1 Å². The fourth-order valence-electron chi connectivity index (χ4n) is 1.16. The summed E-state index contributed by atoms with van der Waals surface area (Å²) >= 11 is 1.51. The highest BCUT2D eigenvalue weighted by Crippen LogP contribution is 2.24. The number of carbonyl (C=O) groups excluding carboxylic acids is 1. The Kier molecular flexibility index (Phi) is 3.77. The summed E-state index contributed by atoms with van der Waals surface area (Å²) in [5.41, 5.74) is 0.860. The van der Waals surface area contributed by atoms with Crippen molar-refractivity contribution in [3.05, 3.63) is 15.6 Å². The predicted octanol–water partition coefficient (Wildman–Crippen LogP) is 1.98. The molecule has 0 aliphatic rings. The zero-order valence-corrected chi connectivity index (χ0v) is 9.86. The molecule has 78 valence electrons. The molecule has 0 aliphatic carbocycles. The van der Waals surface area contributed by atoms with E-state index in [4.69, 9.17) is 0 Å². The largest absolute Gasteiger partial charge is 0.313 e. The van der Waals surface area contributed by atoms with Crippen molar-refractivity contribution < 1.29 is 4.79 Å². The number of aromatic nitrogens is 1. The lowest BCUT2D eigenvalue weighted by Crippen LogP contribution is -2.18. The van der Waals surface area contributed by atoms with Crippen LogP contribution in [0.4, 0.5) is 0 Å². The molecule has 0 saturated carbocycles. The third-order valence-electron chi connectivity index (χ3n) is 1.90. The molecule has 0 amide bonds. The van der Waals surface area contributed by atoms with Gasteiger partial charge in [0.15, 0.2) is 5.78 Å². The SMILES string of the molecule is CNCC(=O)c1sc(C(C)C)nc1C. The second kappa shape index (κ2) is 4.66. The smallest absolute Gasteiger partial charge is 0.188 e.